The summed E-state index contributed by atoms with van der Waals surface area (Å²) in [5.74, 6) is -0.272. The van der Waals surface area contributed by atoms with Crippen LogP contribution in [-0.2, 0) is 20.1 Å². The Morgan fingerprint density at radius 3 is 3.08 bits per heavy atom. The molecular formula is C14H17BN5O3S. The Morgan fingerprint density at radius 1 is 1.46 bits per heavy atom. The summed E-state index contributed by atoms with van der Waals surface area (Å²) in [6.45, 7) is 3.69. The van der Waals surface area contributed by atoms with Crippen LogP contribution >= 0.6 is 0 Å². The molecule has 0 saturated carbocycles. The highest BCUT2D eigenvalue weighted by Crippen LogP contribution is 2.43. The second kappa shape index (κ2) is 5.37. The molecule has 1 saturated heterocycles. The standard InChI is InChI=1S/C14H17BN5O3S/c1-14(2)22-10-7(4-24(15)21)3-8(11(10)23-14)20-6-19-9-12(16)17-5-18-13(9)20/h3,5-7,10-11,15H,4H2,1-2H3,(H2,16,17,18)/t7?,10-,11?,24?/m1/s1/i15T. The highest BCUT2D eigenvalue weighted by Gasteiger charge is 2.50. The maximum Gasteiger partial charge on any atom is 0.216 e. The number of aromatic nitrogens is 4. The first-order chi connectivity index (χ1) is 11.9. The first-order valence-corrected chi connectivity index (χ1v) is 8.88. The molecule has 0 spiro atoms. The molecule has 1 radical (unpaired) electrons. The van der Waals surface area contributed by atoms with E-state index in [2.05, 4.69) is 15.0 Å². The van der Waals surface area contributed by atoms with Gasteiger partial charge in [0.15, 0.2) is 22.8 Å². The summed E-state index contributed by atoms with van der Waals surface area (Å²) < 4.78 is 32.9. The molecule has 2 aromatic rings. The number of hydrogen-bond donors (Lipinski definition) is 1. The molecule has 3 heterocycles. The minimum atomic E-state index is -1.35. The molecule has 2 N–H and O–H groups in total. The van der Waals surface area contributed by atoms with E-state index in [1.165, 1.54) is 6.33 Å². The fourth-order valence-electron chi connectivity index (χ4n) is 3.33. The molecule has 4 rings (SSSR count). The first kappa shape index (κ1) is 14.6. The van der Waals surface area contributed by atoms with Crippen LogP contribution in [-0.4, -0.2) is 55.9 Å². The molecular weight excluding hydrogens is 329 g/mol. The van der Waals surface area contributed by atoms with Crippen molar-refractivity contribution in [2.75, 3.05) is 11.5 Å². The maximum absolute atomic E-state index is 11.9. The number of ether oxygens (including phenoxy) is 2. The molecule has 0 aromatic carbocycles. The highest BCUT2D eigenvalue weighted by atomic mass is 32.2. The van der Waals surface area contributed by atoms with Crippen LogP contribution in [0.3, 0.4) is 0 Å². The summed E-state index contributed by atoms with van der Waals surface area (Å²) in [5, 5.41) is 0. The zero-order valence-corrected chi connectivity index (χ0v) is 14.1. The van der Waals surface area contributed by atoms with E-state index >= 15 is 0 Å². The third-order valence-corrected chi connectivity index (χ3v) is 4.94. The molecule has 3 unspecified atom stereocenters. The molecule has 2 aromatic heterocycles. The lowest BCUT2D eigenvalue weighted by molar-refractivity contribution is -0.146. The average molecular weight is 348 g/mol. The van der Waals surface area contributed by atoms with E-state index < -0.39 is 16.4 Å². The SMILES string of the molecule is [3H][B]S(=O)CC1C=C(n2cnc3c(N)ncnc32)C2OC(C)(C)O[C@H]12. The molecule has 10 heteroatoms. The normalized spacial score (nSPS) is 30.0. The van der Waals surface area contributed by atoms with Crippen molar-refractivity contribution >= 4 is 40.4 Å². The first-order valence-electron chi connectivity index (χ1n) is 8.07. The number of nitrogen functional groups attached to an aromatic ring is 1. The van der Waals surface area contributed by atoms with Gasteiger partial charge in [0.25, 0.3) is 0 Å². The molecule has 1 aliphatic carbocycles. The van der Waals surface area contributed by atoms with Gasteiger partial charge in [-0.15, -0.1) is 0 Å². The topological polar surface area (TPSA) is 105 Å². The molecule has 1 fully saturated rings. The van der Waals surface area contributed by atoms with Crippen molar-refractivity contribution < 1.29 is 13.7 Å². The molecule has 4 atom stereocenters. The van der Waals surface area contributed by atoms with E-state index in [1.807, 2.05) is 24.5 Å². The third kappa shape index (κ3) is 2.45. The van der Waals surface area contributed by atoms with Crippen LogP contribution < -0.4 is 5.73 Å². The number of fused-ring (bicyclic) bond motifs is 2. The molecule has 125 valence electrons. The smallest absolute Gasteiger partial charge is 0.216 e. The van der Waals surface area contributed by atoms with Gasteiger partial charge < -0.3 is 15.2 Å². The zero-order valence-electron chi connectivity index (χ0n) is 14.2. The summed E-state index contributed by atoms with van der Waals surface area (Å²) in [6, 6.07) is 0. The Morgan fingerprint density at radius 2 is 2.29 bits per heavy atom. The van der Waals surface area contributed by atoms with Crippen molar-refractivity contribution in [2.45, 2.75) is 31.8 Å². The third-order valence-electron chi connectivity index (χ3n) is 4.22. The van der Waals surface area contributed by atoms with Gasteiger partial charge in [0.1, 0.15) is 18.8 Å². The lowest BCUT2D eigenvalue weighted by Gasteiger charge is -2.20. The lowest BCUT2D eigenvalue weighted by Crippen LogP contribution is -2.29. The predicted molar refractivity (Wildman–Crippen MR) is 91.5 cm³/mol. The maximum atomic E-state index is 11.9. The van der Waals surface area contributed by atoms with Crippen LogP contribution in [0.1, 0.15) is 13.8 Å². The van der Waals surface area contributed by atoms with Gasteiger partial charge in [-0.25, -0.2) is 15.0 Å². The van der Waals surface area contributed by atoms with Gasteiger partial charge in [0, 0.05) is 11.7 Å². The van der Waals surface area contributed by atoms with Gasteiger partial charge >= 0.3 is 0 Å². The zero-order chi connectivity index (χ0) is 17.8. The molecule has 0 bridgehead atoms. The fraction of sp³-hybridized carbons (Fsp3) is 0.500. The van der Waals surface area contributed by atoms with Gasteiger partial charge in [-0.05, 0) is 25.8 Å². The number of rotatable bonds is 4. The summed E-state index contributed by atoms with van der Waals surface area (Å²) in [4.78, 5) is 12.5. The number of anilines is 1. The van der Waals surface area contributed by atoms with Crippen molar-refractivity contribution in [1.82, 2.24) is 19.5 Å². The van der Waals surface area contributed by atoms with Crippen LogP contribution in [0.25, 0.3) is 16.9 Å². The summed E-state index contributed by atoms with van der Waals surface area (Å²) >= 11 is 0. The van der Waals surface area contributed by atoms with Crippen molar-refractivity contribution in [1.29, 1.82) is 1.34 Å². The Kier molecular flexibility index (Phi) is 3.25. The van der Waals surface area contributed by atoms with Gasteiger partial charge in [0.2, 0.25) is 7.09 Å². The van der Waals surface area contributed by atoms with Crippen LogP contribution in [0.4, 0.5) is 5.82 Å². The number of nitrogens with two attached hydrogens (primary N) is 1. The van der Waals surface area contributed by atoms with Crippen LogP contribution in [0.5, 0.6) is 0 Å². The summed E-state index contributed by atoms with van der Waals surface area (Å²) in [5.41, 5.74) is 7.79. The molecule has 24 heavy (non-hydrogen) atoms. The van der Waals surface area contributed by atoms with Crippen molar-refractivity contribution in [2.24, 2.45) is 5.92 Å². The minimum Gasteiger partial charge on any atom is -0.382 e. The molecule has 2 aliphatic rings. The Balaban J connectivity index is 1.77. The van der Waals surface area contributed by atoms with Crippen LogP contribution in [0.15, 0.2) is 18.7 Å². The van der Waals surface area contributed by atoms with Gasteiger partial charge in [0.05, 0.1) is 11.8 Å². The summed E-state index contributed by atoms with van der Waals surface area (Å²) in [6.07, 6.45) is 4.37. The van der Waals surface area contributed by atoms with Crippen molar-refractivity contribution in [3.05, 3.63) is 18.7 Å². The van der Waals surface area contributed by atoms with Gasteiger partial charge in [-0.3, -0.25) is 8.78 Å². The number of imidazole rings is 1. The molecule has 8 nitrogen and oxygen atoms in total. The van der Waals surface area contributed by atoms with Gasteiger partial charge in [-0.1, -0.05) is 6.08 Å². The van der Waals surface area contributed by atoms with E-state index in [9.17, 15) is 4.21 Å². The average Bonchev–Trinajstić information content (AvgIpc) is 3.20. The lowest BCUT2D eigenvalue weighted by atomic mass is 10.1. The Hall–Kier alpha value is -1.78. The van der Waals surface area contributed by atoms with Crippen LogP contribution in [0, 0.1) is 5.92 Å². The van der Waals surface area contributed by atoms with E-state index in [1.54, 1.807) is 6.33 Å². The van der Waals surface area contributed by atoms with Gasteiger partial charge in [-0.2, -0.15) is 0 Å². The largest absolute Gasteiger partial charge is 0.382 e. The number of hydrogen-bond acceptors (Lipinski definition) is 7. The second-order valence-corrected chi connectivity index (χ2v) is 7.46. The highest BCUT2D eigenvalue weighted by molar-refractivity contribution is 8.06. The minimum absolute atomic E-state index is 0.138. The quantitative estimate of drug-likeness (QED) is 0.773. The van der Waals surface area contributed by atoms with Crippen molar-refractivity contribution in [3.8, 4) is 0 Å². The second-order valence-electron chi connectivity index (χ2n) is 6.37. The summed E-state index contributed by atoms with van der Waals surface area (Å²) in [7, 11) is -0.406. The fourth-order valence-corrected chi connectivity index (χ4v) is 4.00. The van der Waals surface area contributed by atoms with E-state index in [4.69, 9.17) is 16.5 Å². The molecule has 0 amide bonds. The number of nitrogens with zero attached hydrogens (tertiary/aromatic N) is 4. The molecule has 1 aliphatic heterocycles. The van der Waals surface area contributed by atoms with Crippen molar-refractivity contribution in [3.63, 3.8) is 0 Å². The predicted octanol–water partition coefficient (Wildman–Crippen LogP) is -0.0362. The monoisotopic (exact) mass is 348 g/mol. The Bertz CT molecular complexity index is 888. The van der Waals surface area contributed by atoms with E-state index in [-0.39, 0.29) is 18.1 Å². The van der Waals surface area contributed by atoms with E-state index in [0.29, 0.717) is 22.7 Å². The Labute approximate surface area is 143 Å². The van der Waals surface area contributed by atoms with E-state index in [0.717, 1.165) is 12.8 Å². The van der Waals surface area contributed by atoms with Crippen LogP contribution in [0.2, 0.25) is 0 Å².